The van der Waals surface area contributed by atoms with Crippen LogP contribution in [0.3, 0.4) is 0 Å². The van der Waals surface area contributed by atoms with E-state index in [1.165, 1.54) is 0 Å². The van der Waals surface area contributed by atoms with Gasteiger partial charge in [0, 0.05) is 29.6 Å². The van der Waals surface area contributed by atoms with Crippen molar-refractivity contribution in [3.8, 4) is 0 Å². The Kier molecular flexibility index (Phi) is 6.90. The summed E-state index contributed by atoms with van der Waals surface area (Å²) in [6, 6.07) is 0. The first kappa shape index (κ1) is 10.5. The molecule has 0 rings (SSSR count). The summed E-state index contributed by atoms with van der Waals surface area (Å²) in [6.45, 7) is 3.28. The minimum atomic E-state index is -0.741. The number of hydrogen-bond donors (Lipinski definition) is 1. The van der Waals surface area contributed by atoms with E-state index in [2.05, 4.69) is 0 Å². The van der Waals surface area contributed by atoms with E-state index < -0.39 is 5.97 Å². The Morgan fingerprint density at radius 3 is 1.71 bits per heavy atom. The molecule has 0 bridgehead atoms. The van der Waals surface area contributed by atoms with Crippen LogP contribution in [0.4, 0.5) is 0 Å². The van der Waals surface area contributed by atoms with Crippen LogP contribution in [0.15, 0.2) is 0 Å². The first-order valence-electron chi connectivity index (χ1n) is 1.87. The van der Waals surface area contributed by atoms with Gasteiger partial charge in [0.1, 0.15) is 0 Å². The number of rotatable bonds is 1. The van der Waals surface area contributed by atoms with E-state index in [9.17, 15) is 4.79 Å². The van der Waals surface area contributed by atoms with E-state index in [4.69, 9.17) is 5.11 Å². The van der Waals surface area contributed by atoms with Crippen LogP contribution in [-0.2, 0) is 4.79 Å². The minimum absolute atomic E-state index is 0. The molecule has 0 fully saturated rings. The van der Waals surface area contributed by atoms with Gasteiger partial charge in [-0.25, -0.2) is 0 Å². The van der Waals surface area contributed by atoms with Gasteiger partial charge in [-0.3, -0.25) is 4.79 Å². The van der Waals surface area contributed by atoms with E-state index in [0.29, 0.717) is 0 Å². The molecule has 0 unspecified atom stereocenters. The second kappa shape index (κ2) is 4.62. The van der Waals surface area contributed by atoms with Crippen molar-refractivity contribution in [3.05, 3.63) is 0 Å². The van der Waals surface area contributed by atoms with Crippen LogP contribution in [0, 0.1) is 5.92 Å². The van der Waals surface area contributed by atoms with Gasteiger partial charge in [0.05, 0.1) is 5.92 Å². The molecule has 3 heteroatoms. The summed E-state index contributed by atoms with van der Waals surface area (Å²) in [5, 5.41) is 7.99. The van der Waals surface area contributed by atoms with Crippen LogP contribution in [-0.4, -0.2) is 40.6 Å². The third-order valence-electron chi connectivity index (χ3n) is 0.494. The Bertz CT molecular complexity index is 60.7. The van der Waals surface area contributed by atoms with E-state index in [-0.39, 0.29) is 35.5 Å². The Balaban J connectivity index is 0. The summed E-state index contributed by atoms with van der Waals surface area (Å²) in [6.07, 6.45) is 0. The predicted octanol–water partition coefficient (Wildman–Crippen LogP) is 0.346. The summed E-state index contributed by atoms with van der Waals surface area (Å²) in [4.78, 5) is 9.70. The summed E-state index contributed by atoms with van der Waals surface area (Å²) in [7, 11) is 0. The molecule has 2 nitrogen and oxygen atoms in total. The number of aliphatic carboxylic acids is 1. The maximum absolute atomic E-state index is 9.70. The molecule has 0 saturated carbocycles. The van der Waals surface area contributed by atoms with Crippen LogP contribution >= 0.6 is 0 Å². The molecule has 0 aromatic carbocycles. The standard InChI is InChI=1S/C4H8O2.Na/c1-3(2)4(5)6;/h3H,1-2H3,(H,5,6);. The fraction of sp³-hybridized carbons (Fsp3) is 0.750. The average Bonchev–Trinajstić information content (AvgIpc) is 1.36. The third-order valence-corrected chi connectivity index (χ3v) is 0.494. The molecule has 0 aromatic heterocycles. The summed E-state index contributed by atoms with van der Waals surface area (Å²) in [5.41, 5.74) is 0. The number of hydrogen-bond acceptors (Lipinski definition) is 1. The van der Waals surface area contributed by atoms with Crippen molar-refractivity contribution in [1.82, 2.24) is 0 Å². The van der Waals surface area contributed by atoms with Gasteiger partial charge >= 0.3 is 5.97 Å². The van der Waals surface area contributed by atoms with Crippen LogP contribution in [0.5, 0.6) is 0 Å². The van der Waals surface area contributed by atoms with Gasteiger partial charge in [-0.15, -0.1) is 0 Å². The molecule has 7 heavy (non-hydrogen) atoms. The monoisotopic (exact) mass is 111 g/mol. The molecule has 0 saturated heterocycles. The SMILES string of the molecule is CC(C)C(=O)O.[Na]. The zero-order valence-corrected chi connectivity index (χ0v) is 6.93. The van der Waals surface area contributed by atoms with Gasteiger partial charge < -0.3 is 5.11 Å². The molecule has 0 heterocycles. The maximum atomic E-state index is 9.70. The Hall–Kier alpha value is 0.470. The largest absolute Gasteiger partial charge is 0.481 e. The van der Waals surface area contributed by atoms with E-state index >= 15 is 0 Å². The Morgan fingerprint density at radius 2 is 1.71 bits per heavy atom. The zero-order valence-electron chi connectivity index (χ0n) is 4.93. The number of carbonyl (C=O) groups is 1. The van der Waals surface area contributed by atoms with Gasteiger partial charge in [-0.1, -0.05) is 13.8 Å². The quantitative estimate of drug-likeness (QED) is 0.495. The Morgan fingerprint density at radius 1 is 1.57 bits per heavy atom. The number of carboxylic acid groups (broad SMARTS) is 1. The number of carboxylic acids is 1. The topological polar surface area (TPSA) is 37.3 Å². The Labute approximate surface area is 65.2 Å². The first-order valence-corrected chi connectivity index (χ1v) is 1.87. The van der Waals surface area contributed by atoms with Crippen LogP contribution < -0.4 is 0 Å². The van der Waals surface area contributed by atoms with Gasteiger partial charge in [0.15, 0.2) is 0 Å². The molecular weight excluding hydrogens is 103 g/mol. The van der Waals surface area contributed by atoms with Crippen molar-refractivity contribution in [2.24, 2.45) is 5.92 Å². The molecular formula is C4H8NaO2. The molecule has 0 aliphatic rings. The van der Waals surface area contributed by atoms with Crippen molar-refractivity contribution < 1.29 is 9.90 Å². The van der Waals surface area contributed by atoms with E-state index in [1.807, 2.05) is 0 Å². The van der Waals surface area contributed by atoms with Gasteiger partial charge in [-0.2, -0.15) is 0 Å². The molecule has 1 N–H and O–H groups in total. The van der Waals surface area contributed by atoms with Crippen LogP contribution in [0.1, 0.15) is 13.8 Å². The van der Waals surface area contributed by atoms with Gasteiger partial charge in [0.25, 0.3) is 0 Å². The van der Waals surface area contributed by atoms with Gasteiger partial charge in [0.2, 0.25) is 0 Å². The van der Waals surface area contributed by atoms with E-state index in [1.54, 1.807) is 13.8 Å². The summed E-state index contributed by atoms with van der Waals surface area (Å²) in [5.74, 6) is -0.972. The zero-order chi connectivity index (χ0) is 5.15. The van der Waals surface area contributed by atoms with Crippen LogP contribution in [0.2, 0.25) is 0 Å². The van der Waals surface area contributed by atoms with Gasteiger partial charge in [-0.05, 0) is 0 Å². The minimum Gasteiger partial charge on any atom is -0.481 e. The molecule has 0 amide bonds. The fourth-order valence-electron chi connectivity index (χ4n) is 0. The second-order valence-electron chi connectivity index (χ2n) is 1.49. The predicted molar refractivity (Wildman–Crippen MR) is 28.2 cm³/mol. The second-order valence-corrected chi connectivity index (χ2v) is 1.49. The molecule has 37 valence electrons. The van der Waals surface area contributed by atoms with E-state index in [0.717, 1.165) is 0 Å². The smallest absolute Gasteiger partial charge is 0.305 e. The first-order chi connectivity index (χ1) is 2.64. The van der Waals surface area contributed by atoms with Crippen LogP contribution in [0.25, 0.3) is 0 Å². The molecule has 0 aliphatic carbocycles. The van der Waals surface area contributed by atoms with Crippen molar-refractivity contribution in [2.45, 2.75) is 13.8 Å². The summed E-state index contributed by atoms with van der Waals surface area (Å²) >= 11 is 0. The van der Waals surface area contributed by atoms with Crippen molar-refractivity contribution in [1.29, 1.82) is 0 Å². The normalized spacial score (nSPS) is 7.86. The molecule has 0 spiro atoms. The molecule has 0 aliphatic heterocycles. The average molecular weight is 111 g/mol. The molecule has 0 atom stereocenters. The fourth-order valence-corrected chi connectivity index (χ4v) is 0. The molecule has 0 aromatic rings. The maximum Gasteiger partial charge on any atom is 0.305 e. The molecule has 1 radical (unpaired) electrons. The van der Waals surface area contributed by atoms with Crippen molar-refractivity contribution >= 4 is 35.5 Å². The van der Waals surface area contributed by atoms with Crippen molar-refractivity contribution in [2.75, 3.05) is 0 Å². The third kappa shape index (κ3) is 6.47. The van der Waals surface area contributed by atoms with Crippen molar-refractivity contribution in [3.63, 3.8) is 0 Å². The summed E-state index contributed by atoms with van der Waals surface area (Å²) < 4.78 is 0.